The number of amides is 1. The lowest BCUT2D eigenvalue weighted by atomic mass is 9.99. The molecule has 0 aliphatic carbocycles. The van der Waals surface area contributed by atoms with Crippen LogP contribution in [0, 0.1) is 0 Å². The fourth-order valence-electron chi connectivity index (χ4n) is 8.75. The van der Waals surface area contributed by atoms with Crippen LogP contribution in [0.2, 0.25) is 0 Å². The third-order valence-electron chi connectivity index (χ3n) is 13.5. The highest BCUT2D eigenvalue weighted by Crippen LogP contribution is 2.23. The lowest BCUT2D eigenvalue weighted by Crippen LogP contribution is -2.60. The SMILES string of the molecule is CCC/C=C\C/C=C\CCCCCCCC(=O)OCCCCC/C=C\C/C=C\CCCCCCCCCC(=O)NC(COC1OC(CO)C(O)C(O)C1O)C(O)/C=C/CC/C=C/CCCCCCCCCCC. The van der Waals surface area contributed by atoms with Crippen molar-refractivity contribution in [2.45, 2.75) is 288 Å². The van der Waals surface area contributed by atoms with Crippen LogP contribution in [0.4, 0.5) is 0 Å². The van der Waals surface area contributed by atoms with Crippen LogP contribution in [0.3, 0.4) is 0 Å². The van der Waals surface area contributed by atoms with Crippen molar-refractivity contribution in [3.8, 4) is 0 Å². The molecule has 0 aromatic carbocycles. The first kappa shape index (κ1) is 68.1. The molecule has 0 bridgehead atoms. The zero-order valence-corrected chi connectivity index (χ0v) is 46.3. The number of hydrogen-bond donors (Lipinski definition) is 6. The molecule has 1 heterocycles. The molecule has 0 saturated carbocycles. The van der Waals surface area contributed by atoms with Gasteiger partial charge in [-0.05, 0) is 109 Å². The Balaban J connectivity index is 2.18. The maximum absolute atomic E-state index is 13.0. The van der Waals surface area contributed by atoms with Crippen molar-refractivity contribution in [2.24, 2.45) is 0 Å². The summed E-state index contributed by atoms with van der Waals surface area (Å²) in [5.41, 5.74) is 0. The summed E-state index contributed by atoms with van der Waals surface area (Å²) < 4.78 is 16.7. The lowest BCUT2D eigenvalue weighted by molar-refractivity contribution is -0.302. The molecule has 6 N–H and O–H groups in total. The van der Waals surface area contributed by atoms with Gasteiger partial charge in [-0.25, -0.2) is 0 Å². The molecule has 7 atom stereocenters. The van der Waals surface area contributed by atoms with Gasteiger partial charge < -0.3 is 45.1 Å². The summed E-state index contributed by atoms with van der Waals surface area (Å²) in [6, 6.07) is -0.842. The Labute approximate surface area is 445 Å². The van der Waals surface area contributed by atoms with E-state index in [0.29, 0.717) is 19.4 Å². The molecular formula is C62H109NO10. The monoisotopic (exact) mass is 1030 g/mol. The van der Waals surface area contributed by atoms with E-state index >= 15 is 0 Å². The van der Waals surface area contributed by atoms with E-state index in [1.165, 1.54) is 109 Å². The Hall–Kier alpha value is -2.90. The number of ether oxygens (including phenoxy) is 3. The summed E-state index contributed by atoms with van der Waals surface area (Å²) in [5.74, 6) is -0.259. The molecule has 1 amide bonds. The van der Waals surface area contributed by atoms with E-state index in [4.69, 9.17) is 14.2 Å². The van der Waals surface area contributed by atoms with Gasteiger partial charge in [-0.3, -0.25) is 9.59 Å². The third-order valence-corrected chi connectivity index (χ3v) is 13.5. The van der Waals surface area contributed by atoms with E-state index in [-0.39, 0.29) is 18.5 Å². The summed E-state index contributed by atoms with van der Waals surface area (Å²) in [4.78, 5) is 25.1. The zero-order chi connectivity index (χ0) is 53.1. The van der Waals surface area contributed by atoms with Gasteiger partial charge in [0, 0.05) is 12.8 Å². The van der Waals surface area contributed by atoms with Gasteiger partial charge in [0.05, 0.1) is 32.0 Å². The van der Waals surface area contributed by atoms with Gasteiger partial charge in [-0.1, -0.05) is 196 Å². The highest BCUT2D eigenvalue weighted by molar-refractivity contribution is 5.76. The summed E-state index contributed by atoms with van der Waals surface area (Å²) >= 11 is 0. The van der Waals surface area contributed by atoms with E-state index in [0.717, 1.165) is 109 Å². The number of aliphatic hydroxyl groups excluding tert-OH is 5. The zero-order valence-electron chi connectivity index (χ0n) is 46.3. The van der Waals surface area contributed by atoms with Crippen molar-refractivity contribution in [1.29, 1.82) is 0 Å². The van der Waals surface area contributed by atoms with E-state index in [1.54, 1.807) is 6.08 Å². The second-order valence-corrected chi connectivity index (χ2v) is 20.3. The van der Waals surface area contributed by atoms with Crippen LogP contribution in [0.15, 0.2) is 72.9 Å². The summed E-state index contributed by atoms with van der Waals surface area (Å²) in [6.07, 6.45) is 57.0. The van der Waals surface area contributed by atoms with Crippen LogP contribution in [0.1, 0.15) is 245 Å². The minimum absolute atomic E-state index is 0.0493. The second kappa shape index (κ2) is 51.2. The first-order chi connectivity index (χ1) is 35.7. The predicted octanol–water partition coefficient (Wildman–Crippen LogP) is 13.6. The van der Waals surface area contributed by atoms with E-state index in [9.17, 15) is 35.1 Å². The third kappa shape index (κ3) is 41.0. The maximum Gasteiger partial charge on any atom is 0.305 e. The van der Waals surface area contributed by atoms with Gasteiger partial charge in [0.15, 0.2) is 6.29 Å². The fourth-order valence-corrected chi connectivity index (χ4v) is 8.75. The van der Waals surface area contributed by atoms with Gasteiger partial charge in [0.2, 0.25) is 5.91 Å². The largest absolute Gasteiger partial charge is 0.466 e. The average Bonchev–Trinajstić information content (AvgIpc) is 3.39. The highest BCUT2D eigenvalue weighted by Gasteiger charge is 2.44. The second-order valence-electron chi connectivity index (χ2n) is 20.3. The van der Waals surface area contributed by atoms with Crippen molar-refractivity contribution in [3.05, 3.63) is 72.9 Å². The summed E-state index contributed by atoms with van der Waals surface area (Å²) in [5, 5.41) is 54.4. The molecule has 1 aliphatic rings. The van der Waals surface area contributed by atoms with Gasteiger partial charge in [0.25, 0.3) is 0 Å². The van der Waals surface area contributed by atoms with Crippen LogP contribution in [0.5, 0.6) is 0 Å². The molecule has 1 fully saturated rings. The normalized spacial score (nSPS) is 19.5. The lowest BCUT2D eigenvalue weighted by Gasteiger charge is -2.40. The molecule has 0 aromatic heterocycles. The molecular weight excluding hydrogens is 919 g/mol. The number of rotatable bonds is 50. The van der Waals surface area contributed by atoms with E-state index < -0.39 is 49.5 Å². The predicted molar refractivity (Wildman–Crippen MR) is 301 cm³/mol. The Kier molecular flexibility index (Phi) is 47.8. The van der Waals surface area contributed by atoms with Crippen LogP contribution >= 0.6 is 0 Å². The van der Waals surface area contributed by atoms with Crippen molar-refractivity contribution in [1.82, 2.24) is 5.32 Å². The Bertz CT molecular complexity index is 1440. The van der Waals surface area contributed by atoms with Crippen LogP contribution in [0.25, 0.3) is 0 Å². The van der Waals surface area contributed by atoms with Crippen molar-refractivity contribution >= 4 is 11.9 Å². The molecule has 0 radical (unpaired) electrons. The van der Waals surface area contributed by atoms with Crippen molar-refractivity contribution in [2.75, 3.05) is 19.8 Å². The van der Waals surface area contributed by atoms with Gasteiger partial charge >= 0.3 is 5.97 Å². The minimum atomic E-state index is -1.59. The van der Waals surface area contributed by atoms with Crippen LogP contribution in [-0.2, 0) is 23.8 Å². The molecule has 73 heavy (non-hydrogen) atoms. The minimum Gasteiger partial charge on any atom is -0.466 e. The van der Waals surface area contributed by atoms with Gasteiger partial charge in [0.1, 0.15) is 24.4 Å². The van der Waals surface area contributed by atoms with Gasteiger partial charge in [-0.2, -0.15) is 0 Å². The molecule has 1 rings (SSSR count). The van der Waals surface area contributed by atoms with Crippen molar-refractivity contribution in [3.63, 3.8) is 0 Å². The smallest absolute Gasteiger partial charge is 0.305 e. The topological polar surface area (TPSA) is 175 Å². The maximum atomic E-state index is 13.0. The standard InChI is InChI=1S/C62H109NO10/c1-3-5-7-9-11-13-15-17-21-25-28-32-36-40-44-48-55(65)54(53-72-62-61(70)60(69)59(68)56(52-64)73-62)63-57(66)49-45-41-37-33-29-26-22-19-18-20-23-27-31-35-39-43-47-51-71-58(67)50-46-42-38-34-30-24-16-14-12-10-8-6-4-2/h8,10,14,16,18,20,27-28,31-32,44,48,54-56,59-62,64-65,68-70H,3-7,9,11-13,15,17,19,21-26,29-30,33-43,45-47,49-53H2,1-2H3,(H,63,66)/b10-8-,16-14-,20-18-,31-27-,32-28+,48-44+. The number of allylic oxidation sites excluding steroid dienone is 11. The van der Waals surface area contributed by atoms with Gasteiger partial charge in [-0.15, -0.1) is 0 Å². The molecule has 1 saturated heterocycles. The first-order valence-electron chi connectivity index (χ1n) is 29.7. The number of aliphatic hydroxyl groups is 5. The number of carbonyl (C=O) groups excluding carboxylic acids is 2. The number of carbonyl (C=O) groups is 2. The molecule has 0 aromatic rings. The first-order valence-corrected chi connectivity index (χ1v) is 29.7. The van der Waals surface area contributed by atoms with Crippen molar-refractivity contribution < 1.29 is 49.3 Å². The number of nitrogens with one attached hydrogen (secondary N) is 1. The quantitative estimate of drug-likeness (QED) is 0.0195. The molecule has 11 heteroatoms. The molecule has 1 aliphatic heterocycles. The Morgan fingerprint density at radius 3 is 1.49 bits per heavy atom. The Morgan fingerprint density at radius 1 is 0.507 bits per heavy atom. The Morgan fingerprint density at radius 2 is 0.959 bits per heavy atom. The molecule has 0 spiro atoms. The van der Waals surface area contributed by atoms with Crippen LogP contribution in [-0.4, -0.2) is 100 Å². The summed E-state index contributed by atoms with van der Waals surface area (Å²) in [6.45, 7) is 4.19. The summed E-state index contributed by atoms with van der Waals surface area (Å²) in [7, 11) is 0. The van der Waals surface area contributed by atoms with Crippen LogP contribution < -0.4 is 5.32 Å². The number of hydrogen-bond acceptors (Lipinski definition) is 10. The molecule has 11 nitrogen and oxygen atoms in total. The number of esters is 1. The molecule has 422 valence electrons. The number of unbranched alkanes of at least 4 members (excludes halogenated alkanes) is 26. The molecule has 7 unspecified atom stereocenters. The fraction of sp³-hybridized carbons (Fsp3) is 0.774. The average molecular weight is 1030 g/mol. The van der Waals surface area contributed by atoms with E-state index in [2.05, 4.69) is 79.9 Å². The highest BCUT2D eigenvalue weighted by atomic mass is 16.7. The van der Waals surface area contributed by atoms with E-state index in [1.807, 2.05) is 6.08 Å².